The molecular formula is C15H20ClNO. The van der Waals surface area contributed by atoms with Crippen molar-refractivity contribution in [2.75, 3.05) is 18.0 Å². The van der Waals surface area contributed by atoms with Gasteiger partial charge in [-0.15, -0.1) is 0 Å². The van der Waals surface area contributed by atoms with Gasteiger partial charge in [-0.05, 0) is 30.9 Å². The number of carbonyl (C=O) groups is 1. The van der Waals surface area contributed by atoms with Crippen LogP contribution in [-0.4, -0.2) is 19.4 Å². The highest BCUT2D eigenvalue weighted by Gasteiger charge is 2.21. The van der Waals surface area contributed by atoms with Crippen LogP contribution in [-0.2, 0) is 0 Å². The number of halogens is 1. The lowest BCUT2D eigenvalue weighted by molar-refractivity contribution is 0.112. The molecule has 98 valence electrons. The van der Waals surface area contributed by atoms with Crippen molar-refractivity contribution in [3.63, 3.8) is 0 Å². The summed E-state index contributed by atoms with van der Waals surface area (Å²) in [5, 5.41) is 0.554. The summed E-state index contributed by atoms with van der Waals surface area (Å²) >= 11 is 6.07. The average Bonchev–Trinajstić information content (AvgIpc) is 2.40. The molecule has 18 heavy (non-hydrogen) atoms. The minimum Gasteiger partial charge on any atom is -0.371 e. The maximum atomic E-state index is 11.1. The number of piperidine rings is 1. The molecule has 1 aliphatic heterocycles. The van der Waals surface area contributed by atoms with E-state index in [0.717, 1.165) is 31.0 Å². The molecule has 1 saturated heterocycles. The van der Waals surface area contributed by atoms with Gasteiger partial charge in [0.05, 0.1) is 10.6 Å². The smallest absolute Gasteiger partial charge is 0.153 e. The monoisotopic (exact) mass is 265 g/mol. The van der Waals surface area contributed by atoms with Crippen molar-refractivity contribution in [2.45, 2.75) is 32.6 Å². The van der Waals surface area contributed by atoms with Crippen LogP contribution in [0.25, 0.3) is 0 Å². The van der Waals surface area contributed by atoms with E-state index in [-0.39, 0.29) is 0 Å². The maximum absolute atomic E-state index is 11.1. The van der Waals surface area contributed by atoms with Gasteiger partial charge < -0.3 is 4.90 Å². The SMILES string of the molecule is CCCC1CCN(c2cccc(Cl)c2C=O)CC1. The van der Waals surface area contributed by atoms with Gasteiger partial charge in [0.25, 0.3) is 0 Å². The van der Waals surface area contributed by atoms with Gasteiger partial charge in [0.1, 0.15) is 0 Å². The van der Waals surface area contributed by atoms with E-state index in [1.807, 2.05) is 12.1 Å². The highest BCUT2D eigenvalue weighted by atomic mass is 35.5. The second-order valence-corrected chi connectivity index (χ2v) is 5.42. The summed E-state index contributed by atoms with van der Waals surface area (Å²) < 4.78 is 0. The van der Waals surface area contributed by atoms with E-state index < -0.39 is 0 Å². The fourth-order valence-corrected chi connectivity index (χ4v) is 3.00. The zero-order chi connectivity index (χ0) is 13.0. The molecule has 0 amide bonds. The van der Waals surface area contributed by atoms with Crippen molar-refractivity contribution < 1.29 is 4.79 Å². The Morgan fingerprint density at radius 2 is 2.11 bits per heavy atom. The van der Waals surface area contributed by atoms with Crippen molar-refractivity contribution in [3.8, 4) is 0 Å². The van der Waals surface area contributed by atoms with Crippen LogP contribution >= 0.6 is 11.6 Å². The molecule has 3 heteroatoms. The Kier molecular flexibility index (Phi) is 4.65. The molecule has 0 aromatic heterocycles. The Morgan fingerprint density at radius 1 is 1.39 bits per heavy atom. The van der Waals surface area contributed by atoms with Crippen molar-refractivity contribution in [2.24, 2.45) is 5.92 Å². The highest BCUT2D eigenvalue weighted by molar-refractivity contribution is 6.33. The van der Waals surface area contributed by atoms with Gasteiger partial charge >= 0.3 is 0 Å². The van der Waals surface area contributed by atoms with Gasteiger partial charge in [0.2, 0.25) is 0 Å². The predicted molar refractivity (Wildman–Crippen MR) is 76.7 cm³/mol. The Hall–Kier alpha value is -1.02. The number of benzene rings is 1. The van der Waals surface area contributed by atoms with Crippen LogP contribution < -0.4 is 4.90 Å². The van der Waals surface area contributed by atoms with Gasteiger partial charge in [0.15, 0.2) is 6.29 Å². The van der Waals surface area contributed by atoms with E-state index in [2.05, 4.69) is 11.8 Å². The number of hydrogen-bond donors (Lipinski definition) is 0. The molecular weight excluding hydrogens is 246 g/mol. The topological polar surface area (TPSA) is 20.3 Å². The minimum atomic E-state index is 0.554. The molecule has 0 radical (unpaired) electrons. The molecule has 0 aliphatic carbocycles. The molecule has 0 N–H and O–H groups in total. The van der Waals surface area contributed by atoms with Crippen LogP contribution in [0.3, 0.4) is 0 Å². The van der Waals surface area contributed by atoms with Crippen molar-refractivity contribution in [1.29, 1.82) is 0 Å². The molecule has 0 spiro atoms. The van der Waals surface area contributed by atoms with Crippen LogP contribution in [0.15, 0.2) is 18.2 Å². The molecule has 1 aliphatic rings. The summed E-state index contributed by atoms with van der Waals surface area (Å²) in [6.07, 6.45) is 5.90. The number of rotatable bonds is 4. The van der Waals surface area contributed by atoms with E-state index in [1.165, 1.54) is 25.7 Å². The van der Waals surface area contributed by atoms with E-state index in [9.17, 15) is 4.79 Å². The number of nitrogens with zero attached hydrogens (tertiary/aromatic N) is 1. The first-order chi connectivity index (χ1) is 8.76. The first-order valence-electron chi connectivity index (χ1n) is 6.75. The van der Waals surface area contributed by atoms with Crippen molar-refractivity contribution >= 4 is 23.6 Å². The predicted octanol–water partition coefficient (Wildman–Crippen LogP) is 4.17. The van der Waals surface area contributed by atoms with Crippen molar-refractivity contribution in [1.82, 2.24) is 0 Å². The summed E-state index contributed by atoms with van der Waals surface area (Å²) in [7, 11) is 0. The summed E-state index contributed by atoms with van der Waals surface area (Å²) in [6, 6.07) is 5.69. The fourth-order valence-electron chi connectivity index (χ4n) is 2.79. The fraction of sp³-hybridized carbons (Fsp3) is 0.533. The largest absolute Gasteiger partial charge is 0.371 e. The number of hydrogen-bond acceptors (Lipinski definition) is 2. The maximum Gasteiger partial charge on any atom is 0.153 e. The van der Waals surface area contributed by atoms with Crippen LogP contribution in [0.2, 0.25) is 5.02 Å². The first kappa shape index (κ1) is 13.4. The first-order valence-corrected chi connectivity index (χ1v) is 7.12. The van der Waals surface area contributed by atoms with Crippen molar-refractivity contribution in [3.05, 3.63) is 28.8 Å². The Morgan fingerprint density at radius 3 is 2.72 bits per heavy atom. The number of carbonyl (C=O) groups excluding carboxylic acids is 1. The molecule has 1 fully saturated rings. The number of anilines is 1. The Bertz CT molecular complexity index is 411. The Balaban J connectivity index is 2.10. The van der Waals surface area contributed by atoms with Crippen LogP contribution in [0, 0.1) is 5.92 Å². The molecule has 0 saturated carbocycles. The normalized spacial score (nSPS) is 16.9. The summed E-state index contributed by atoms with van der Waals surface area (Å²) in [4.78, 5) is 13.4. The minimum absolute atomic E-state index is 0.554. The lowest BCUT2D eigenvalue weighted by atomic mass is 9.92. The lowest BCUT2D eigenvalue weighted by Crippen LogP contribution is -2.34. The quantitative estimate of drug-likeness (QED) is 0.762. The third kappa shape index (κ3) is 2.86. The van der Waals surface area contributed by atoms with Gasteiger partial charge in [-0.25, -0.2) is 0 Å². The second kappa shape index (κ2) is 6.24. The van der Waals surface area contributed by atoms with E-state index in [4.69, 9.17) is 11.6 Å². The van der Waals surface area contributed by atoms with Gasteiger partial charge in [-0.2, -0.15) is 0 Å². The number of aldehydes is 1. The van der Waals surface area contributed by atoms with E-state index >= 15 is 0 Å². The highest BCUT2D eigenvalue weighted by Crippen LogP contribution is 2.30. The zero-order valence-electron chi connectivity index (χ0n) is 10.9. The molecule has 0 atom stereocenters. The van der Waals surface area contributed by atoms with Crippen LogP contribution in [0.1, 0.15) is 43.0 Å². The third-order valence-electron chi connectivity index (χ3n) is 3.80. The second-order valence-electron chi connectivity index (χ2n) is 5.01. The Labute approximate surface area is 114 Å². The molecule has 1 heterocycles. The van der Waals surface area contributed by atoms with Gasteiger partial charge in [-0.1, -0.05) is 37.4 Å². The molecule has 1 aromatic rings. The summed E-state index contributed by atoms with van der Waals surface area (Å²) in [5.41, 5.74) is 1.63. The molecule has 2 rings (SSSR count). The van der Waals surface area contributed by atoms with E-state index in [0.29, 0.717) is 10.6 Å². The average molecular weight is 266 g/mol. The van der Waals surface area contributed by atoms with Gasteiger partial charge in [-0.3, -0.25) is 4.79 Å². The van der Waals surface area contributed by atoms with E-state index in [1.54, 1.807) is 6.07 Å². The zero-order valence-corrected chi connectivity index (χ0v) is 11.6. The standard InChI is InChI=1S/C15H20ClNO/c1-2-4-12-7-9-17(10-8-12)15-6-3-5-14(16)13(15)11-18/h3,5-6,11-12H,2,4,7-10H2,1H3. The summed E-state index contributed by atoms with van der Waals surface area (Å²) in [5.74, 6) is 0.852. The van der Waals surface area contributed by atoms with Gasteiger partial charge in [0, 0.05) is 18.8 Å². The molecule has 0 unspecified atom stereocenters. The molecule has 2 nitrogen and oxygen atoms in total. The molecule has 0 bridgehead atoms. The third-order valence-corrected chi connectivity index (χ3v) is 4.13. The summed E-state index contributed by atoms with van der Waals surface area (Å²) in [6.45, 7) is 4.31. The van der Waals surface area contributed by atoms with Crippen LogP contribution in [0.5, 0.6) is 0 Å². The lowest BCUT2D eigenvalue weighted by Gasteiger charge is -2.34. The molecule has 1 aromatic carbocycles. The van der Waals surface area contributed by atoms with Crippen LogP contribution in [0.4, 0.5) is 5.69 Å².